The summed E-state index contributed by atoms with van der Waals surface area (Å²) in [5.41, 5.74) is 8.39. The molecule has 1 aromatic heterocycles. The number of para-hydroxylation sites is 1. The van der Waals surface area contributed by atoms with Crippen LogP contribution in [-0.4, -0.2) is 54.2 Å². The number of nitrogens with zero attached hydrogens (tertiary/aromatic N) is 1. The van der Waals surface area contributed by atoms with Gasteiger partial charge in [0.2, 0.25) is 17.7 Å². The number of benzene rings is 2. The van der Waals surface area contributed by atoms with Crippen molar-refractivity contribution >= 4 is 34.9 Å². The molecule has 3 aromatic rings. The fourth-order valence-corrected chi connectivity index (χ4v) is 5.66. The molecule has 210 valence electrons. The first kappa shape index (κ1) is 28.8. The van der Waals surface area contributed by atoms with E-state index in [1.54, 1.807) is 16.3 Å². The van der Waals surface area contributed by atoms with Gasteiger partial charge < -0.3 is 26.0 Å². The molecule has 1 saturated heterocycles. The summed E-state index contributed by atoms with van der Waals surface area (Å²) in [5, 5.41) is 15.0. The van der Waals surface area contributed by atoms with E-state index in [4.69, 9.17) is 15.9 Å². The Morgan fingerprint density at radius 1 is 1.10 bits per heavy atom. The number of nitrogens with two attached hydrogens (primary N) is 1. The van der Waals surface area contributed by atoms with Crippen molar-refractivity contribution in [2.45, 2.75) is 44.7 Å². The van der Waals surface area contributed by atoms with Gasteiger partial charge in [0.25, 0.3) is 0 Å². The first-order chi connectivity index (χ1) is 19.3. The maximum Gasteiger partial charge on any atom is 0.243 e. The van der Waals surface area contributed by atoms with E-state index >= 15 is 0 Å². The van der Waals surface area contributed by atoms with Crippen LogP contribution >= 0.6 is 11.3 Å². The highest BCUT2D eigenvalue weighted by molar-refractivity contribution is 7.10. The number of carbonyl (C=O) groups excluding carboxylic acids is 3. The molecule has 40 heavy (non-hydrogen) atoms. The van der Waals surface area contributed by atoms with Crippen molar-refractivity contribution in [1.82, 2.24) is 15.5 Å². The number of thiophene rings is 1. The molecular weight excluding hydrogens is 526 g/mol. The maximum absolute atomic E-state index is 13.3. The molecule has 0 bridgehead atoms. The highest BCUT2D eigenvalue weighted by Crippen LogP contribution is 2.33. The van der Waals surface area contributed by atoms with Crippen LogP contribution in [-0.2, 0) is 20.9 Å². The van der Waals surface area contributed by atoms with Crippen molar-refractivity contribution in [3.63, 3.8) is 0 Å². The van der Waals surface area contributed by atoms with Crippen molar-refractivity contribution in [3.8, 4) is 5.75 Å². The van der Waals surface area contributed by atoms with E-state index < -0.39 is 6.04 Å². The molecule has 1 fully saturated rings. The fraction of sp³-hybridized carbons (Fsp3) is 0.333. The second-order valence-corrected chi connectivity index (χ2v) is 10.8. The van der Waals surface area contributed by atoms with Gasteiger partial charge in [0.1, 0.15) is 17.6 Å². The van der Waals surface area contributed by atoms with Crippen LogP contribution in [0.5, 0.6) is 5.75 Å². The normalized spacial score (nSPS) is 16.4. The van der Waals surface area contributed by atoms with Crippen LogP contribution in [0.2, 0.25) is 0 Å². The predicted molar refractivity (Wildman–Crippen MR) is 155 cm³/mol. The van der Waals surface area contributed by atoms with Gasteiger partial charge in [-0.2, -0.15) is 0 Å². The Labute approximate surface area is 238 Å². The van der Waals surface area contributed by atoms with Crippen LogP contribution in [0.4, 0.5) is 0 Å². The van der Waals surface area contributed by atoms with Gasteiger partial charge in [0, 0.05) is 34.7 Å². The lowest BCUT2D eigenvalue weighted by Crippen LogP contribution is -2.48. The summed E-state index contributed by atoms with van der Waals surface area (Å²) in [5.74, 6) is -0.0321. The van der Waals surface area contributed by atoms with Gasteiger partial charge in [-0.1, -0.05) is 42.5 Å². The molecule has 1 aliphatic rings. The smallest absolute Gasteiger partial charge is 0.243 e. The van der Waals surface area contributed by atoms with Gasteiger partial charge in [-0.15, -0.1) is 11.3 Å². The van der Waals surface area contributed by atoms with Crippen molar-refractivity contribution in [2.75, 3.05) is 19.7 Å². The molecule has 0 spiro atoms. The van der Waals surface area contributed by atoms with Crippen LogP contribution in [0.15, 0.2) is 66.0 Å². The first-order valence-corrected chi connectivity index (χ1v) is 14.2. The maximum atomic E-state index is 13.3. The summed E-state index contributed by atoms with van der Waals surface area (Å²) >= 11 is 1.41. The van der Waals surface area contributed by atoms with Crippen LogP contribution in [0, 0.1) is 12.3 Å². The number of hydrogen-bond donors (Lipinski definition) is 4. The Bertz CT molecular complexity index is 1340. The largest absolute Gasteiger partial charge is 0.494 e. The summed E-state index contributed by atoms with van der Waals surface area (Å²) in [6.45, 7) is 2.94. The van der Waals surface area contributed by atoms with E-state index in [2.05, 4.69) is 10.6 Å². The molecule has 0 aliphatic carbocycles. The number of amidine groups is 1. The number of nitrogen functional groups attached to an aromatic ring is 1. The summed E-state index contributed by atoms with van der Waals surface area (Å²) in [6, 6.07) is 18.5. The number of aryl methyl sites for hydroxylation is 1. The average Bonchev–Trinajstić information content (AvgIpc) is 3.62. The van der Waals surface area contributed by atoms with E-state index in [1.165, 1.54) is 11.3 Å². The molecule has 0 unspecified atom stereocenters. The minimum absolute atomic E-state index is 0.0118. The third-order valence-corrected chi connectivity index (χ3v) is 7.89. The molecule has 2 heterocycles. The third kappa shape index (κ3) is 7.69. The highest BCUT2D eigenvalue weighted by Gasteiger charge is 2.40. The summed E-state index contributed by atoms with van der Waals surface area (Å²) in [4.78, 5) is 41.4. The second-order valence-electron chi connectivity index (χ2n) is 9.83. The van der Waals surface area contributed by atoms with Gasteiger partial charge in [-0.3, -0.25) is 19.8 Å². The predicted octanol–water partition coefficient (Wildman–Crippen LogP) is 3.32. The lowest BCUT2D eigenvalue weighted by molar-refractivity contribution is -0.138. The van der Waals surface area contributed by atoms with Crippen molar-refractivity contribution in [3.05, 3.63) is 87.6 Å². The molecule has 3 amide bonds. The number of amides is 3. The lowest BCUT2D eigenvalue weighted by atomic mass is 9.92. The third-order valence-electron chi connectivity index (χ3n) is 6.95. The topological polar surface area (TPSA) is 138 Å². The molecule has 2 atom stereocenters. The van der Waals surface area contributed by atoms with Crippen molar-refractivity contribution in [2.24, 2.45) is 5.73 Å². The summed E-state index contributed by atoms with van der Waals surface area (Å²) < 4.78 is 5.62. The Morgan fingerprint density at radius 3 is 2.58 bits per heavy atom. The molecule has 10 heteroatoms. The van der Waals surface area contributed by atoms with Gasteiger partial charge in [-0.05, 0) is 49.1 Å². The minimum atomic E-state index is -0.652. The van der Waals surface area contributed by atoms with Gasteiger partial charge >= 0.3 is 0 Å². The lowest BCUT2D eigenvalue weighted by Gasteiger charge is -2.24. The fourth-order valence-electron chi connectivity index (χ4n) is 4.84. The Balaban J connectivity index is 1.33. The van der Waals surface area contributed by atoms with Crippen LogP contribution in [0.25, 0.3) is 0 Å². The van der Waals surface area contributed by atoms with Crippen molar-refractivity contribution < 1.29 is 19.1 Å². The van der Waals surface area contributed by atoms with E-state index in [0.717, 1.165) is 21.8 Å². The number of rotatable bonds is 12. The zero-order chi connectivity index (χ0) is 28.5. The number of nitrogens with one attached hydrogen (secondary N) is 3. The zero-order valence-electron chi connectivity index (χ0n) is 22.5. The van der Waals surface area contributed by atoms with Gasteiger partial charge in [0.15, 0.2) is 0 Å². The molecule has 5 N–H and O–H groups in total. The Morgan fingerprint density at radius 2 is 1.85 bits per heavy atom. The first-order valence-electron chi connectivity index (χ1n) is 13.3. The monoisotopic (exact) mass is 561 g/mol. The SMILES string of the molecule is Cc1ccccc1[C@H]1C[C@@H](C(=O)NCc2cc(C(=N)N)cs2)N(C(=O)CNC(=O)CCCOc2ccccc2)C1. The van der Waals surface area contributed by atoms with Crippen LogP contribution in [0.1, 0.15) is 46.7 Å². The second kappa shape index (κ2) is 13.7. The molecule has 0 saturated carbocycles. The minimum Gasteiger partial charge on any atom is -0.494 e. The highest BCUT2D eigenvalue weighted by atomic mass is 32.1. The molecule has 4 rings (SSSR count). The number of ether oxygens (including phenoxy) is 1. The number of carbonyl (C=O) groups is 3. The Hall–Kier alpha value is -4.18. The van der Waals surface area contributed by atoms with E-state index in [0.29, 0.717) is 31.6 Å². The van der Waals surface area contributed by atoms with Crippen LogP contribution < -0.4 is 21.1 Å². The quantitative estimate of drug-likeness (QED) is 0.153. The van der Waals surface area contributed by atoms with E-state index in [-0.39, 0.29) is 49.0 Å². The number of hydrogen-bond acceptors (Lipinski definition) is 6. The molecule has 1 aliphatic heterocycles. The van der Waals surface area contributed by atoms with Crippen molar-refractivity contribution in [1.29, 1.82) is 5.41 Å². The number of likely N-dealkylation sites (tertiary alicyclic amines) is 1. The van der Waals surface area contributed by atoms with E-state index in [1.807, 2.05) is 61.5 Å². The average molecular weight is 562 g/mol. The van der Waals surface area contributed by atoms with E-state index in [9.17, 15) is 14.4 Å². The molecular formula is C30H35N5O4S. The molecule has 2 aromatic carbocycles. The standard InChI is InChI=1S/C30H35N5O4S/c1-20-8-5-6-11-25(20)21-15-26(30(38)34-16-24-14-22(19-40-24)29(31)32)35(18-21)28(37)17-33-27(36)12-7-13-39-23-9-3-2-4-10-23/h2-6,8-11,14,19,21,26H,7,12-13,15-18H2,1H3,(H3,31,32)(H,33,36)(H,34,38)/t21-,26-/m0/s1. The Kier molecular flexibility index (Phi) is 9.91. The zero-order valence-corrected chi connectivity index (χ0v) is 23.3. The summed E-state index contributed by atoms with van der Waals surface area (Å²) in [6.07, 6.45) is 1.25. The van der Waals surface area contributed by atoms with Gasteiger partial charge in [-0.25, -0.2) is 0 Å². The van der Waals surface area contributed by atoms with Crippen LogP contribution in [0.3, 0.4) is 0 Å². The van der Waals surface area contributed by atoms with Gasteiger partial charge in [0.05, 0.1) is 19.7 Å². The molecule has 9 nitrogen and oxygen atoms in total. The summed E-state index contributed by atoms with van der Waals surface area (Å²) in [7, 11) is 0. The molecule has 0 radical (unpaired) electrons.